The van der Waals surface area contributed by atoms with Gasteiger partial charge in [0.15, 0.2) is 0 Å². The summed E-state index contributed by atoms with van der Waals surface area (Å²) in [6.07, 6.45) is 4.40. The first-order valence-corrected chi connectivity index (χ1v) is 7.81. The van der Waals surface area contributed by atoms with Gasteiger partial charge < -0.3 is 0 Å². The van der Waals surface area contributed by atoms with Gasteiger partial charge in [0.25, 0.3) is 0 Å². The number of hydrogen-bond donors (Lipinski definition) is 0. The number of anilines is 2. The van der Waals surface area contributed by atoms with Crippen molar-refractivity contribution in [2.45, 2.75) is 6.42 Å². The van der Waals surface area contributed by atoms with Crippen LogP contribution >= 0.6 is 0 Å². The number of rotatable bonds is 2. The molecule has 2 heterocycles. The van der Waals surface area contributed by atoms with Crippen LogP contribution in [0.4, 0.5) is 16.2 Å². The summed E-state index contributed by atoms with van der Waals surface area (Å²) in [4.78, 5) is 20.7. The van der Waals surface area contributed by atoms with E-state index in [2.05, 4.69) is 29.2 Å². The van der Waals surface area contributed by atoms with Crippen molar-refractivity contribution in [1.82, 2.24) is 4.98 Å². The van der Waals surface area contributed by atoms with Crippen molar-refractivity contribution >= 4 is 28.2 Å². The van der Waals surface area contributed by atoms with E-state index in [4.69, 9.17) is 0 Å². The second-order valence-electron chi connectivity index (χ2n) is 5.68. The predicted octanol–water partition coefficient (Wildman–Crippen LogP) is 4.07. The van der Waals surface area contributed by atoms with E-state index in [1.165, 1.54) is 5.39 Å². The van der Waals surface area contributed by atoms with E-state index in [9.17, 15) is 4.79 Å². The van der Waals surface area contributed by atoms with E-state index in [0.717, 1.165) is 36.3 Å². The largest absolute Gasteiger partial charge is 0.329 e. The van der Waals surface area contributed by atoms with E-state index in [1.807, 2.05) is 35.2 Å². The molecule has 1 aromatic heterocycles. The molecule has 0 spiro atoms. The number of hydrogen-bond acceptors (Lipinski definition) is 2. The summed E-state index contributed by atoms with van der Waals surface area (Å²) in [6.45, 7) is 1.47. The van der Waals surface area contributed by atoms with E-state index in [-0.39, 0.29) is 6.03 Å². The summed E-state index contributed by atoms with van der Waals surface area (Å²) >= 11 is 0. The molecule has 1 aliphatic heterocycles. The minimum Gasteiger partial charge on any atom is -0.294 e. The van der Waals surface area contributed by atoms with Crippen molar-refractivity contribution in [3.63, 3.8) is 0 Å². The lowest BCUT2D eigenvalue weighted by molar-refractivity contribution is 0.248. The number of urea groups is 1. The Labute approximate surface area is 135 Å². The van der Waals surface area contributed by atoms with Gasteiger partial charge in [-0.25, -0.2) is 4.79 Å². The van der Waals surface area contributed by atoms with Gasteiger partial charge in [0.2, 0.25) is 0 Å². The molecule has 0 saturated carbocycles. The van der Waals surface area contributed by atoms with Crippen LogP contribution in [-0.4, -0.2) is 24.1 Å². The zero-order chi connectivity index (χ0) is 15.6. The van der Waals surface area contributed by atoms with E-state index < -0.39 is 0 Å². The maximum atomic E-state index is 12.9. The van der Waals surface area contributed by atoms with Gasteiger partial charge in [0.1, 0.15) is 0 Å². The summed E-state index contributed by atoms with van der Waals surface area (Å²) in [5.41, 5.74) is 1.80. The number of carbonyl (C=O) groups is 1. The number of fused-ring (bicyclic) bond motifs is 1. The van der Waals surface area contributed by atoms with E-state index >= 15 is 0 Å². The Balaban J connectivity index is 1.68. The van der Waals surface area contributed by atoms with Crippen LogP contribution in [0.1, 0.15) is 6.42 Å². The average molecular weight is 303 g/mol. The number of pyridine rings is 1. The molecule has 4 heteroatoms. The first-order chi connectivity index (χ1) is 11.3. The Morgan fingerprint density at radius 1 is 0.826 bits per heavy atom. The molecule has 2 amide bonds. The highest BCUT2D eigenvalue weighted by molar-refractivity contribution is 6.05. The van der Waals surface area contributed by atoms with Crippen LogP contribution in [0.5, 0.6) is 0 Å². The molecule has 1 saturated heterocycles. The van der Waals surface area contributed by atoms with Gasteiger partial charge in [0.05, 0.1) is 11.9 Å². The SMILES string of the molecule is O=C1N(c2cccnc2)CCCN1c1ccc2ccccc2c1. The quantitative estimate of drug-likeness (QED) is 0.715. The van der Waals surface area contributed by atoms with Crippen molar-refractivity contribution in [3.05, 3.63) is 67.0 Å². The van der Waals surface area contributed by atoms with Crippen molar-refractivity contribution in [2.75, 3.05) is 22.9 Å². The van der Waals surface area contributed by atoms with Crippen molar-refractivity contribution in [3.8, 4) is 0 Å². The number of nitrogens with zero attached hydrogens (tertiary/aromatic N) is 3. The average Bonchev–Trinajstić information content (AvgIpc) is 2.62. The number of amides is 2. The van der Waals surface area contributed by atoms with Crippen molar-refractivity contribution < 1.29 is 4.79 Å². The maximum absolute atomic E-state index is 12.9. The molecule has 0 N–H and O–H groups in total. The van der Waals surface area contributed by atoms with Gasteiger partial charge in [-0.05, 0) is 41.5 Å². The number of carbonyl (C=O) groups excluding carboxylic acids is 1. The molecule has 0 atom stereocenters. The smallest absolute Gasteiger partial charge is 0.294 e. The molecule has 0 radical (unpaired) electrons. The second-order valence-corrected chi connectivity index (χ2v) is 5.68. The third-order valence-electron chi connectivity index (χ3n) is 4.23. The fourth-order valence-corrected chi connectivity index (χ4v) is 3.06. The molecular weight excluding hydrogens is 286 g/mol. The fourth-order valence-electron chi connectivity index (χ4n) is 3.06. The lowest BCUT2D eigenvalue weighted by atomic mass is 10.1. The van der Waals surface area contributed by atoms with Crippen LogP contribution in [0, 0.1) is 0 Å². The fraction of sp³-hybridized carbons (Fsp3) is 0.158. The highest BCUT2D eigenvalue weighted by Gasteiger charge is 2.27. The Kier molecular flexibility index (Phi) is 3.42. The molecule has 0 bridgehead atoms. The summed E-state index contributed by atoms with van der Waals surface area (Å²) in [5, 5.41) is 2.33. The third-order valence-corrected chi connectivity index (χ3v) is 4.23. The van der Waals surface area contributed by atoms with Gasteiger partial charge >= 0.3 is 6.03 Å². The van der Waals surface area contributed by atoms with Gasteiger partial charge in [-0.3, -0.25) is 14.8 Å². The predicted molar refractivity (Wildman–Crippen MR) is 92.9 cm³/mol. The highest BCUT2D eigenvalue weighted by Crippen LogP contribution is 2.27. The second kappa shape index (κ2) is 5.72. The normalized spacial score (nSPS) is 15.2. The van der Waals surface area contributed by atoms with Crippen molar-refractivity contribution in [2.24, 2.45) is 0 Å². The molecule has 0 aliphatic carbocycles. The van der Waals surface area contributed by atoms with Gasteiger partial charge in [-0.2, -0.15) is 0 Å². The minimum atomic E-state index is 0.0135. The monoisotopic (exact) mass is 303 g/mol. The Morgan fingerprint density at radius 3 is 2.39 bits per heavy atom. The molecule has 2 aromatic carbocycles. The zero-order valence-corrected chi connectivity index (χ0v) is 12.7. The lowest BCUT2D eigenvalue weighted by Crippen LogP contribution is -2.49. The van der Waals surface area contributed by atoms with Gasteiger partial charge in [0, 0.05) is 25.0 Å². The van der Waals surface area contributed by atoms with Crippen LogP contribution in [0.25, 0.3) is 10.8 Å². The summed E-state index contributed by atoms with van der Waals surface area (Å²) in [5.74, 6) is 0. The Bertz CT molecular complexity index is 847. The Morgan fingerprint density at radius 2 is 1.61 bits per heavy atom. The summed E-state index contributed by atoms with van der Waals surface area (Å²) < 4.78 is 0. The third kappa shape index (κ3) is 2.52. The first-order valence-electron chi connectivity index (χ1n) is 7.81. The molecular formula is C19H17N3O. The Hall–Kier alpha value is -2.88. The van der Waals surface area contributed by atoms with Gasteiger partial charge in [-0.15, -0.1) is 0 Å². The molecule has 114 valence electrons. The molecule has 1 aliphatic rings. The van der Waals surface area contributed by atoms with Crippen LogP contribution in [0.15, 0.2) is 67.0 Å². The topological polar surface area (TPSA) is 36.4 Å². The van der Waals surface area contributed by atoms with Crippen molar-refractivity contribution in [1.29, 1.82) is 0 Å². The zero-order valence-electron chi connectivity index (χ0n) is 12.7. The number of aromatic nitrogens is 1. The van der Waals surface area contributed by atoms with Crippen LogP contribution < -0.4 is 9.80 Å². The molecule has 4 nitrogen and oxygen atoms in total. The first kappa shape index (κ1) is 13.8. The standard InChI is InChI=1S/C19H17N3O/c23-19-21(11-4-12-22(19)18-7-3-10-20-14-18)17-9-8-15-5-1-2-6-16(15)13-17/h1-3,5-10,13-14H,4,11-12H2. The van der Waals surface area contributed by atoms with Crippen LogP contribution in [0.2, 0.25) is 0 Å². The lowest BCUT2D eigenvalue weighted by Gasteiger charge is -2.35. The van der Waals surface area contributed by atoms with Crippen LogP contribution in [-0.2, 0) is 0 Å². The molecule has 4 rings (SSSR count). The summed E-state index contributed by atoms with van der Waals surface area (Å²) in [6, 6.07) is 18.2. The maximum Gasteiger partial charge on any atom is 0.329 e. The molecule has 0 unspecified atom stereocenters. The summed E-state index contributed by atoms with van der Waals surface area (Å²) in [7, 11) is 0. The highest BCUT2D eigenvalue weighted by atomic mass is 16.2. The van der Waals surface area contributed by atoms with E-state index in [0.29, 0.717) is 0 Å². The van der Waals surface area contributed by atoms with E-state index in [1.54, 1.807) is 17.3 Å². The minimum absolute atomic E-state index is 0.0135. The van der Waals surface area contributed by atoms with Gasteiger partial charge in [-0.1, -0.05) is 30.3 Å². The molecule has 3 aromatic rings. The van der Waals surface area contributed by atoms with Crippen LogP contribution in [0.3, 0.4) is 0 Å². The molecule has 23 heavy (non-hydrogen) atoms. The molecule has 1 fully saturated rings. The number of benzene rings is 2.